The Morgan fingerprint density at radius 1 is 1.11 bits per heavy atom. The molecule has 6 nitrogen and oxygen atoms in total. The lowest BCUT2D eigenvalue weighted by Gasteiger charge is -2.15. The highest BCUT2D eigenvalue weighted by Gasteiger charge is 2.22. The minimum Gasteiger partial charge on any atom is -0.449 e. The molecule has 0 bridgehead atoms. The van der Waals surface area contributed by atoms with Crippen molar-refractivity contribution in [2.45, 2.75) is 31.8 Å². The van der Waals surface area contributed by atoms with E-state index in [1.54, 1.807) is 49.4 Å². The average molecular weight is 387 g/mol. The van der Waals surface area contributed by atoms with Crippen LogP contribution in [0.4, 0.5) is 5.69 Å². The Morgan fingerprint density at radius 3 is 2.48 bits per heavy atom. The number of ether oxygens (including phenoxy) is 1. The van der Waals surface area contributed by atoms with Crippen LogP contribution in [0.3, 0.4) is 0 Å². The third-order valence-corrected chi connectivity index (χ3v) is 5.18. The van der Waals surface area contributed by atoms with Gasteiger partial charge in [0.25, 0.3) is 5.91 Å². The Bertz CT molecular complexity index is 893. The Hall–Kier alpha value is -2.80. The van der Waals surface area contributed by atoms with Gasteiger partial charge in [-0.05, 0) is 38.1 Å². The molecule has 0 saturated carbocycles. The first-order chi connectivity index (χ1) is 12.8. The second-order valence-electron chi connectivity index (χ2n) is 5.80. The van der Waals surface area contributed by atoms with Crippen LogP contribution in [0.5, 0.6) is 0 Å². The molecule has 0 heterocycles. The molecule has 0 aliphatic heterocycles. The number of hydrogen-bond acceptors (Lipinski definition) is 5. The molecule has 0 fully saturated rings. The largest absolute Gasteiger partial charge is 0.449 e. The van der Waals surface area contributed by atoms with E-state index in [2.05, 4.69) is 5.32 Å². The molecule has 0 spiro atoms. The fourth-order valence-electron chi connectivity index (χ4n) is 2.33. The van der Waals surface area contributed by atoms with E-state index in [1.807, 2.05) is 0 Å². The molecule has 2 atom stereocenters. The summed E-state index contributed by atoms with van der Waals surface area (Å²) >= 11 is 0. The van der Waals surface area contributed by atoms with Crippen molar-refractivity contribution in [3.05, 3.63) is 59.7 Å². The molecule has 27 heavy (non-hydrogen) atoms. The van der Waals surface area contributed by atoms with Crippen LogP contribution in [0.15, 0.2) is 53.4 Å². The van der Waals surface area contributed by atoms with Crippen molar-refractivity contribution in [1.82, 2.24) is 0 Å². The van der Waals surface area contributed by atoms with E-state index in [1.165, 1.54) is 19.9 Å². The van der Waals surface area contributed by atoms with Gasteiger partial charge < -0.3 is 10.1 Å². The van der Waals surface area contributed by atoms with Crippen LogP contribution in [-0.2, 0) is 20.3 Å². The molecule has 0 saturated heterocycles. The van der Waals surface area contributed by atoms with E-state index in [-0.39, 0.29) is 11.3 Å². The summed E-state index contributed by atoms with van der Waals surface area (Å²) in [5, 5.41) is 2.61. The maximum Gasteiger partial charge on any atom is 0.340 e. The molecule has 0 aliphatic carbocycles. The van der Waals surface area contributed by atoms with Gasteiger partial charge in [-0.15, -0.1) is 0 Å². The van der Waals surface area contributed by atoms with E-state index < -0.39 is 28.8 Å². The predicted molar refractivity (Wildman–Crippen MR) is 103 cm³/mol. The number of carbonyl (C=O) groups is 3. The quantitative estimate of drug-likeness (QED) is 0.582. The minimum absolute atomic E-state index is 0.119. The number of rotatable bonds is 7. The molecular formula is C20H21NO5S. The monoisotopic (exact) mass is 387 g/mol. The van der Waals surface area contributed by atoms with Crippen molar-refractivity contribution in [2.24, 2.45) is 0 Å². The van der Waals surface area contributed by atoms with Crippen molar-refractivity contribution >= 4 is 34.1 Å². The molecule has 142 valence electrons. The van der Waals surface area contributed by atoms with Crippen molar-refractivity contribution in [2.75, 3.05) is 11.1 Å². The Morgan fingerprint density at radius 2 is 1.81 bits per heavy atom. The molecule has 1 amide bonds. The number of anilines is 1. The third kappa shape index (κ3) is 5.34. The number of hydrogen-bond donors (Lipinski definition) is 1. The van der Waals surface area contributed by atoms with Gasteiger partial charge in [-0.2, -0.15) is 0 Å². The van der Waals surface area contributed by atoms with E-state index in [0.29, 0.717) is 21.9 Å². The van der Waals surface area contributed by atoms with Crippen LogP contribution in [0.1, 0.15) is 41.5 Å². The summed E-state index contributed by atoms with van der Waals surface area (Å²) in [4.78, 5) is 36.5. The van der Waals surface area contributed by atoms with Crippen LogP contribution < -0.4 is 5.32 Å². The first-order valence-corrected chi connectivity index (χ1v) is 9.75. The summed E-state index contributed by atoms with van der Waals surface area (Å²) < 4.78 is 17.3. The number of carbonyl (C=O) groups excluding carboxylic acids is 3. The topological polar surface area (TPSA) is 89.5 Å². The number of amides is 1. The zero-order valence-corrected chi connectivity index (χ0v) is 16.2. The maximum atomic E-state index is 12.4. The van der Waals surface area contributed by atoms with Crippen LogP contribution >= 0.6 is 0 Å². The first kappa shape index (κ1) is 20.5. The third-order valence-electron chi connectivity index (χ3n) is 3.80. The zero-order valence-electron chi connectivity index (χ0n) is 15.4. The molecule has 7 heteroatoms. The summed E-state index contributed by atoms with van der Waals surface area (Å²) in [6, 6.07) is 12.9. The van der Waals surface area contributed by atoms with Gasteiger partial charge in [-0.25, -0.2) is 4.79 Å². The second kappa shape index (κ2) is 9.23. The molecule has 2 aromatic carbocycles. The van der Waals surface area contributed by atoms with Crippen molar-refractivity contribution in [3.8, 4) is 0 Å². The van der Waals surface area contributed by atoms with Gasteiger partial charge >= 0.3 is 5.97 Å². The predicted octanol–water partition coefficient (Wildman–Crippen LogP) is 3.20. The molecule has 0 aliphatic rings. The van der Waals surface area contributed by atoms with Crippen molar-refractivity contribution < 1.29 is 23.3 Å². The van der Waals surface area contributed by atoms with Crippen molar-refractivity contribution in [1.29, 1.82) is 0 Å². The summed E-state index contributed by atoms with van der Waals surface area (Å²) in [5.41, 5.74) is 1.08. The van der Waals surface area contributed by atoms with Gasteiger partial charge in [-0.1, -0.05) is 31.2 Å². The van der Waals surface area contributed by atoms with E-state index in [4.69, 9.17) is 4.74 Å². The molecule has 0 radical (unpaired) electrons. The number of nitrogens with one attached hydrogen (secondary N) is 1. The minimum atomic E-state index is -1.32. The standard InChI is InChI=1S/C20H21NO5S/c1-4-27(25)18-11-6-5-10-17(18)20(24)26-14(3)19(23)21-16-9-7-8-15(12-16)13(2)22/h5-12,14H,4H2,1-3H3,(H,21,23)/t14-,27+/m0/s1. The SMILES string of the molecule is CC[S@@](=O)c1ccccc1C(=O)O[C@@H](C)C(=O)Nc1cccc(C(C)=O)c1. The Labute approximate surface area is 160 Å². The molecule has 0 aromatic heterocycles. The first-order valence-electron chi connectivity index (χ1n) is 8.43. The van der Waals surface area contributed by atoms with E-state index in [0.717, 1.165) is 0 Å². The number of ketones is 1. The average Bonchev–Trinajstić information content (AvgIpc) is 2.67. The van der Waals surface area contributed by atoms with E-state index in [9.17, 15) is 18.6 Å². The van der Waals surface area contributed by atoms with Gasteiger partial charge in [0.1, 0.15) is 0 Å². The number of benzene rings is 2. The fraction of sp³-hybridized carbons (Fsp3) is 0.250. The van der Waals surface area contributed by atoms with Gasteiger partial charge in [-0.3, -0.25) is 13.8 Å². The van der Waals surface area contributed by atoms with Crippen molar-refractivity contribution in [3.63, 3.8) is 0 Å². The van der Waals surface area contributed by atoms with Crippen LogP contribution in [0.2, 0.25) is 0 Å². The normalized spacial score (nSPS) is 12.7. The molecule has 0 unspecified atom stereocenters. The Kier molecular flexibility index (Phi) is 7.01. The summed E-state index contributed by atoms with van der Waals surface area (Å²) in [6.45, 7) is 4.63. The Balaban J connectivity index is 2.08. The van der Waals surface area contributed by atoms with Crippen LogP contribution in [0.25, 0.3) is 0 Å². The lowest BCUT2D eigenvalue weighted by Crippen LogP contribution is -2.30. The highest BCUT2D eigenvalue weighted by atomic mass is 32.2. The van der Waals surface area contributed by atoms with Crippen LogP contribution in [0, 0.1) is 0 Å². The zero-order chi connectivity index (χ0) is 20.0. The molecule has 2 aromatic rings. The number of Topliss-reactive ketones (excluding diaryl/α,β-unsaturated/α-hetero) is 1. The van der Waals surface area contributed by atoms with Crippen LogP contribution in [-0.4, -0.2) is 33.7 Å². The molecule has 1 N–H and O–H groups in total. The lowest BCUT2D eigenvalue weighted by molar-refractivity contribution is -0.123. The highest BCUT2D eigenvalue weighted by molar-refractivity contribution is 7.85. The summed E-state index contributed by atoms with van der Waals surface area (Å²) in [6.07, 6.45) is -1.07. The summed E-state index contributed by atoms with van der Waals surface area (Å²) in [5.74, 6) is -0.996. The molecule has 2 rings (SSSR count). The lowest BCUT2D eigenvalue weighted by atomic mass is 10.1. The van der Waals surface area contributed by atoms with Gasteiger partial charge in [0.15, 0.2) is 11.9 Å². The van der Waals surface area contributed by atoms with E-state index >= 15 is 0 Å². The van der Waals surface area contributed by atoms with Gasteiger partial charge in [0.05, 0.1) is 21.3 Å². The fourth-order valence-corrected chi connectivity index (χ4v) is 3.26. The number of esters is 1. The summed E-state index contributed by atoms with van der Waals surface area (Å²) in [7, 11) is -1.32. The van der Waals surface area contributed by atoms with Gasteiger partial charge in [0, 0.05) is 17.0 Å². The maximum absolute atomic E-state index is 12.4. The molecular weight excluding hydrogens is 366 g/mol. The second-order valence-corrected chi connectivity index (χ2v) is 7.51. The highest BCUT2D eigenvalue weighted by Crippen LogP contribution is 2.17. The smallest absolute Gasteiger partial charge is 0.340 e. The van der Waals surface area contributed by atoms with Gasteiger partial charge in [0.2, 0.25) is 0 Å².